The molecule has 0 unspecified atom stereocenters. The van der Waals surface area contributed by atoms with Crippen LogP contribution in [0, 0.1) is 13.8 Å². The number of para-hydroxylation sites is 1. The van der Waals surface area contributed by atoms with Crippen LogP contribution in [-0.2, 0) is 6.42 Å². The highest BCUT2D eigenvalue weighted by molar-refractivity contribution is 7.12. The summed E-state index contributed by atoms with van der Waals surface area (Å²) in [7, 11) is 0. The van der Waals surface area contributed by atoms with E-state index in [0.29, 0.717) is 13.1 Å². The maximum Gasteiger partial charge on any atom is 0.264 e. The van der Waals surface area contributed by atoms with Gasteiger partial charge in [-0.2, -0.15) is 5.10 Å². The van der Waals surface area contributed by atoms with Crippen LogP contribution in [0.15, 0.2) is 41.8 Å². The van der Waals surface area contributed by atoms with Gasteiger partial charge in [0.15, 0.2) is 5.65 Å². The lowest BCUT2D eigenvalue weighted by Crippen LogP contribution is -2.49. The summed E-state index contributed by atoms with van der Waals surface area (Å²) in [6.07, 6.45) is 0.748. The third-order valence-corrected chi connectivity index (χ3v) is 6.85. The largest absolute Gasteiger partial charge is 0.352 e. The fourth-order valence-electron chi connectivity index (χ4n) is 4.24. The van der Waals surface area contributed by atoms with Gasteiger partial charge in [0.25, 0.3) is 5.91 Å². The monoisotopic (exact) mass is 446 g/mol. The van der Waals surface area contributed by atoms with E-state index >= 15 is 0 Å². The Hall–Kier alpha value is -3.26. The molecule has 0 spiro atoms. The second-order valence-corrected chi connectivity index (χ2v) is 9.00. The van der Waals surface area contributed by atoms with Crippen LogP contribution in [0.4, 0.5) is 5.82 Å². The van der Waals surface area contributed by atoms with Gasteiger partial charge in [-0.25, -0.2) is 14.6 Å². The standard InChI is InChI=1S/C24H26N6OS/c1-4-20-25-22(28-11-13-29(14-12-28)24(31)19-10-7-15-32-19)21-17(3)27-30(23(21)26-20)18-9-6-5-8-16(18)2/h5-10,15H,4,11-14H2,1-3H3. The third kappa shape index (κ3) is 3.54. The SMILES string of the molecule is CCc1nc(N2CCN(C(=O)c3cccs3)CC2)c2c(C)nn(-c3ccccc3C)c2n1. The number of fused-ring (bicyclic) bond motifs is 1. The Morgan fingerprint density at radius 1 is 1.03 bits per heavy atom. The van der Waals surface area contributed by atoms with Gasteiger partial charge in [-0.05, 0) is 36.9 Å². The molecule has 1 amide bonds. The molecule has 164 valence electrons. The first-order valence-corrected chi connectivity index (χ1v) is 11.8. The van der Waals surface area contributed by atoms with Crippen LogP contribution in [0.5, 0.6) is 0 Å². The van der Waals surface area contributed by atoms with Crippen molar-refractivity contribution in [2.45, 2.75) is 27.2 Å². The molecule has 0 saturated carbocycles. The van der Waals surface area contributed by atoms with Crippen LogP contribution in [0.25, 0.3) is 16.7 Å². The summed E-state index contributed by atoms with van der Waals surface area (Å²) in [6.45, 7) is 9.01. The molecule has 0 atom stereocenters. The van der Waals surface area contributed by atoms with E-state index in [9.17, 15) is 4.79 Å². The molecular weight excluding hydrogens is 420 g/mol. The quantitative estimate of drug-likeness (QED) is 0.474. The topological polar surface area (TPSA) is 67.2 Å². The number of hydrogen-bond acceptors (Lipinski definition) is 6. The van der Waals surface area contributed by atoms with E-state index in [2.05, 4.69) is 30.9 Å². The van der Waals surface area contributed by atoms with Crippen LogP contribution < -0.4 is 4.90 Å². The van der Waals surface area contributed by atoms with E-state index in [4.69, 9.17) is 15.1 Å². The van der Waals surface area contributed by atoms with Crippen molar-refractivity contribution in [2.24, 2.45) is 0 Å². The number of hydrogen-bond donors (Lipinski definition) is 0. The molecule has 7 nitrogen and oxygen atoms in total. The maximum atomic E-state index is 12.7. The first-order chi connectivity index (χ1) is 15.6. The Kier molecular flexibility index (Phi) is 5.38. The third-order valence-electron chi connectivity index (χ3n) is 5.99. The predicted octanol–water partition coefficient (Wildman–Crippen LogP) is 4.02. The number of nitrogens with zero attached hydrogens (tertiary/aromatic N) is 6. The number of benzene rings is 1. The molecule has 8 heteroatoms. The molecule has 4 aromatic rings. The number of piperazine rings is 1. The van der Waals surface area contributed by atoms with Crippen molar-refractivity contribution in [1.29, 1.82) is 0 Å². The van der Waals surface area contributed by atoms with Gasteiger partial charge < -0.3 is 9.80 Å². The van der Waals surface area contributed by atoms with Crippen molar-refractivity contribution in [3.63, 3.8) is 0 Å². The molecule has 1 aliphatic rings. The molecule has 1 aromatic carbocycles. The Morgan fingerprint density at radius 2 is 1.81 bits per heavy atom. The zero-order valence-corrected chi connectivity index (χ0v) is 19.4. The van der Waals surface area contributed by atoms with Crippen molar-refractivity contribution in [2.75, 3.05) is 31.1 Å². The van der Waals surface area contributed by atoms with E-state index in [1.807, 2.05) is 46.2 Å². The van der Waals surface area contributed by atoms with Gasteiger partial charge in [0, 0.05) is 32.6 Å². The fourth-order valence-corrected chi connectivity index (χ4v) is 4.93. The summed E-state index contributed by atoms with van der Waals surface area (Å²) >= 11 is 1.50. The Morgan fingerprint density at radius 3 is 2.50 bits per heavy atom. The van der Waals surface area contributed by atoms with Gasteiger partial charge in [-0.15, -0.1) is 11.3 Å². The molecule has 5 rings (SSSR count). The normalized spacial score (nSPS) is 14.3. The number of rotatable bonds is 4. The van der Waals surface area contributed by atoms with Crippen LogP contribution in [0.1, 0.15) is 33.7 Å². The smallest absolute Gasteiger partial charge is 0.264 e. The lowest BCUT2D eigenvalue weighted by atomic mass is 10.2. The summed E-state index contributed by atoms with van der Waals surface area (Å²) in [4.78, 5) is 27.5. The number of thiophene rings is 1. The average molecular weight is 447 g/mol. The van der Waals surface area contributed by atoms with Crippen molar-refractivity contribution in [3.8, 4) is 5.69 Å². The first-order valence-electron chi connectivity index (χ1n) is 11.0. The Labute approximate surface area is 191 Å². The number of carbonyl (C=O) groups is 1. The van der Waals surface area contributed by atoms with Crippen molar-refractivity contribution in [1.82, 2.24) is 24.6 Å². The van der Waals surface area contributed by atoms with Crippen molar-refractivity contribution in [3.05, 3.63) is 63.7 Å². The van der Waals surface area contributed by atoms with E-state index in [0.717, 1.165) is 64.0 Å². The minimum Gasteiger partial charge on any atom is -0.352 e. The van der Waals surface area contributed by atoms with Gasteiger partial charge >= 0.3 is 0 Å². The second-order valence-electron chi connectivity index (χ2n) is 8.06. The number of carbonyl (C=O) groups excluding carboxylic acids is 1. The molecule has 1 saturated heterocycles. The zero-order chi connectivity index (χ0) is 22.2. The number of aromatic nitrogens is 4. The van der Waals surface area contributed by atoms with Gasteiger partial charge in [0.2, 0.25) is 0 Å². The van der Waals surface area contributed by atoms with Crippen LogP contribution >= 0.6 is 11.3 Å². The minimum atomic E-state index is 0.116. The average Bonchev–Trinajstić information content (AvgIpc) is 3.47. The molecule has 0 N–H and O–H groups in total. The molecule has 4 heterocycles. The van der Waals surface area contributed by atoms with Crippen LogP contribution in [-0.4, -0.2) is 56.7 Å². The number of aryl methyl sites for hydroxylation is 3. The highest BCUT2D eigenvalue weighted by atomic mass is 32.1. The first kappa shape index (κ1) is 20.6. The van der Waals surface area contributed by atoms with Crippen molar-refractivity contribution >= 4 is 34.1 Å². The summed E-state index contributed by atoms with van der Waals surface area (Å²) in [5.41, 5.74) is 3.94. The number of anilines is 1. The zero-order valence-electron chi connectivity index (χ0n) is 18.6. The molecule has 0 bridgehead atoms. The van der Waals surface area contributed by atoms with E-state index in [-0.39, 0.29) is 5.91 Å². The lowest BCUT2D eigenvalue weighted by Gasteiger charge is -2.35. The fraction of sp³-hybridized carbons (Fsp3) is 0.333. The summed E-state index contributed by atoms with van der Waals surface area (Å²) in [6, 6.07) is 12.0. The minimum absolute atomic E-state index is 0.116. The molecular formula is C24H26N6OS. The summed E-state index contributed by atoms with van der Waals surface area (Å²) < 4.78 is 1.95. The van der Waals surface area contributed by atoms with Crippen molar-refractivity contribution < 1.29 is 4.79 Å². The molecule has 0 aliphatic carbocycles. The van der Waals surface area contributed by atoms with Gasteiger partial charge in [-0.3, -0.25) is 4.79 Å². The number of amides is 1. The molecule has 32 heavy (non-hydrogen) atoms. The highest BCUT2D eigenvalue weighted by Gasteiger charge is 2.27. The summed E-state index contributed by atoms with van der Waals surface area (Å²) in [5, 5.41) is 7.79. The van der Waals surface area contributed by atoms with Gasteiger partial charge in [0.05, 0.1) is 21.6 Å². The van der Waals surface area contributed by atoms with Gasteiger partial charge in [-0.1, -0.05) is 31.2 Å². The van der Waals surface area contributed by atoms with Crippen LogP contribution in [0.2, 0.25) is 0 Å². The predicted molar refractivity (Wildman–Crippen MR) is 128 cm³/mol. The van der Waals surface area contributed by atoms with Gasteiger partial charge in [0.1, 0.15) is 11.6 Å². The molecule has 0 radical (unpaired) electrons. The second kappa shape index (κ2) is 8.35. The molecule has 3 aromatic heterocycles. The lowest BCUT2D eigenvalue weighted by molar-refractivity contribution is 0.0751. The summed E-state index contributed by atoms with van der Waals surface area (Å²) in [5.74, 6) is 1.84. The highest BCUT2D eigenvalue weighted by Crippen LogP contribution is 2.30. The molecule has 1 fully saturated rings. The van der Waals surface area contributed by atoms with E-state index in [1.165, 1.54) is 11.3 Å². The Bertz CT molecular complexity index is 1270. The maximum absolute atomic E-state index is 12.7. The van der Waals surface area contributed by atoms with E-state index < -0.39 is 0 Å². The Balaban J connectivity index is 1.51. The van der Waals surface area contributed by atoms with E-state index in [1.54, 1.807) is 0 Å². The van der Waals surface area contributed by atoms with Crippen LogP contribution in [0.3, 0.4) is 0 Å². The molecule has 1 aliphatic heterocycles.